The number of hydrogen-bond donors (Lipinski definition) is 0. The summed E-state index contributed by atoms with van der Waals surface area (Å²) in [6.45, 7) is 6.35. The van der Waals surface area contributed by atoms with E-state index in [9.17, 15) is 9.59 Å². The maximum Gasteiger partial charge on any atom is 0.235 e. The van der Waals surface area contributed by atoms with Crippen LogP contribution in [0, 0.1) is 11.8 Å². The van der Waals surface area contributed by atoms with Gasteiger partial charge in [-0.1, -0.05) is 24.3 Å². The molecule has 1 fully saturated rings. The van der Waals surface area contributed by atoms with E-state index in [2.05, 4.69) is 19.6 Å². The average Bonchev–Trinajstić information content (AvgIpc) is 2.62. The molecule has 3 atom stereocenters. The highest BCUT2D eigenvalue weighted by molar-refractivity contribution is 6.69. The number of likely N-dealkylation sites (tertiary alicyclic amines) is 1. The first-order chi connectivity index (χ1) is 9.79. The van der Waals surface area contributed by atoms with Crippen molar-refractivity contribution in [3.63, 3.8) is 0 Å². The Morgan fingerprint density at radius 1 is 1.14 bits per heavy atom. The van der Waals surface area contributed by atoms with Gasteiger partial charge in [0.2, 0.25) is 11.8 Å². The Labute approximate surface area is 126 Å². The number of carbonyl (C=O) groups is 2. The van der Waals surface area contributed by atoms with Crippen molar-refractivity contribution in [3.8, 4) is 0 Å². The summed E-state index contributed by atoms with van der Waals surface area (Å²) < 4.78 is 6.33. The van der Waals surface area contributed by atoms with E-state index in [0.717, 1.165) is 11.1 Å². The quantitative estimate of drug-likeness (QED) is 0.622. The Kier molecular flexibility index (Phi) is 3.29. The number of rotatable bonds is 2. The van der Waals surface area contributed by atoms with Crippen molar-refractivity contribution < 1.29 is 14.0 Å². The Balaban J connectivity index is 2.09. The van der Waals surface area contributed by atoms with Crippen molar-refractivity contribution in [1.82, 2.24) is 4.90 Å². The summed E-state index contributed by atoms with van der Waals surface area (Å²) in [5.41, 5.74) is 2.22. The van der Waals surface area contributed by atoms with Gasteiger partial charge in [-0.2, -0.15) is 0 Å². The molecule has 1 aliphatic heterocycles. The molecule has 0 spiro atoms. The molecular formula is C16H21NO3Si. The Morgan fingerprint density at radius 2 is 1.81 bits per heavy atom. The molecule has 0 N–H and O–H groups in total. The molecule has 1 aliphatic carbocycles. The second-order valence-electron chi connectivity index (χ2n) is 6.92. The lowest BCUT2D eigenvalue weighted by atomic mass is 9.75. The molecule has 3 rings (SSSR count). The van der Waals surface area contributed by atoms with Crippen molar-refractivity contribution >= 4 is 20.1 Å². The molecule has 0 bridgehead atoms. The molecule has 5 heteroatoms. The SMILES string of the molecule is CN1C(=O)C2Cc3ccccc3C(O[Si](C)(C)C)C2C1=O. The third kappa shape index (κ3) is 2.34. The molecule has 0 saturated carbocycles. The zero-order valence-corrected chi connectivity index (χ0v) is 13.9. The van der Waals surface area contributed by atoms with E-state index in [0.29, 0.717) is 6.42 Å². The number of amides is 2. The fraction of sp³-hybridized carbons (Fsp3) is 0.500. The Morgan fingerprint density at radius 3 is 2.48 bits per heavy atom. The standard InChI is InChI=1S/C16H21NO3Si/c1-17-15(18)12-9-10-7-5-6-8-11(10)14(13(12)16(17)19)20-21(2,3)4/h5-8,12-14H,9H2,1-4H3. The maximum atomic E-state index is 12.5. The lowest BCUT2D eigenvalue weighted by molar-refractivity contribution is -0.138. The molecule has 21 heavy (non-hydrogen) atoms. The molecular weight excluding hydrogens is 282 g/mol. The van der Waals surface area contributed by atoms with Gasteiger partial charge in [-0.25, -0.2) is 0 Å². The zero-order chi connectivity index (χ0) is 15.4. The molecule has 1 saturated heterocycles. The molecule has 0 radical (unpaired) electrons. The fourth-order valence-electron chi connectivity index (χ4n) is 3.41. The van der Waals surface area contributed by atoms with Gasteiger partial charge >= 0.3 is 0 Å². The minimum absolute atomic E-state index is 0.0660. The minimum atomic E-state index is -1.83. The molecule has 2 aliphatic rings. The van der Waals surface area contributed by atoms with Crippen LogP contribution in [0.25, 0.3) is 0 Å². The molecule has 1 heterocycles. The lowest BCUT2D eigenvalue weighted by Gasteiger charge is -2.36. The van der Waals surface area contributed by atoms with E-state index in [-0.39, 0.29) is 29.8 Å². The summed E-state index contributed by atoms with van der Waals surface area (Å²) in [6.07, 6.45) is 0.356. The Bertz CT molecular complexity index is 608. The van der Waals surface area contributed by atoms with E-state index in [1.54, 1.807) is 7.05 Å². The zero-order valence-electron chi connectivity index (χ0n) is 12.9. The molecule has 112 valence electrons. The summed E-state index contributed by atoms with van der Waals surface area (Å²) in [6, 6.07) is 8.04. The molecule has 3 unspecified atom stereocenters. The fourth-order valence-corrected chi connectivity index (χ4v) is 4.44. The van der Waals surface area contributed by atoms with Gasteiger partial charge in [-0.05, 0) is 37.2 Å². The van der Waals surface area contributed by atoms with Gasteiger partial charge in [-0.3, -0.25) is 14.5 Å². The van der Waals surface area contributed by atoms with Crippen molar-refractivity contribution in [3.05, 3.63) is 35.4 Å². The Hall–Kier alpha value is -1.46. The van der Waals surface area contributed by atoms with Crippen LogP contribution in [0.5, 0.6) is 0 Å². The van der Waals surface area contributed by atoms with Crippen molar-refractivity contribution in [2.45, 2.75) is 32.2 Å². The van der Waals surface area contributed by atoms with Gasteiger partial charge in [-0.15, -0.1) is 0 Å². The number of imide groups is 1. The highest BCUT2D eigenvalue weighted by Gasteiger charge is 2.53. The highest BCUT2D eigenvalue weighted by Crippen LogP contribution is 2.46. The van der Waals surface area contributed by atoms with Crippen LogP contribution in [-0.2, 0) is 20.4 Å². The van der Waals surface area contributed by atoms with Crippen LogP contribution in [0.2, 0.25) is 19.6 Å². The highest BCUT2D eigenvalue weighted by atomic mass is 28.4. The van der Waals surface area contributed by atoms with Crippen LogP contribution in [-0.4, -0.2) is 32.1 Å². The minimum Gasteiger partial charge on any atom is -0.410 e. The van der Waals surface area contributed by atoms with E-state index >= 15 is 0 Å². The van der Waals surface area contributed by atoms with Crippen LogP contribution in [0.3, 0.4) is 0 Å². The van der Waals surface area contributed by atoms with Crippen LogP contribution < -0.4 is 0 Å². The molecule has 1 aromatic carbocycles. The monoisotopic (exact) mass is 303 g/mol. The van der Waals surface area contributed by atoms with Gasteiger partial charge in [0.05, 0.1) is 17.9 Å². The number of carbonyl (C=O) groups excluding carboxylic acids is 2. The van der Waals surface area contributed by atoms with E-state index < -0.39 is 8.32 Å². The van der Waals surface area contributed by atoms with Crippen LogP contribution >= 0.6 is 0 Å². The van der Waals surface area contributed by atoms with Crippen molar-refractivity contribution in [2.75, 3.05) is 7.05 Å². The number of fused-ring (bicyclic) bond motifs is 2. The smallest absolute Gasteiger partial charge is 0.235 e. The van der Waals surface area contributed by atoms with Gasteiger partial charge in [0.15, 0.2) is 8.32 Å². The predicted molar refractivity (Wildman–Crippen MR) is 82.1 cm³/mol. The average molecular weight is 303 g/mol. The number of benzene rings is 1. The van der Waals surface area contributed by atoms with Crippen LogP contribution in [0.1, 0.15) is 17.2 Å². The van der Waals surface area contributed by atoms with Crippen LogP contribution in [0.15, 0.2) is 24.3 Å². The van der Waals surface area contributed by atoms with Gasteiger partial charge in [0, 0.05) is 7.05 Å². The lowest BCUT2D eigenvalue weighted by Crippen LogP contribution is -2.39. The second kappa shape index (κ2) is 4.78. The van der Waals surface area contributed by atoms with E-state index in [1.807, 2.05) is 24.3 Å². The summed E-state index contributed by atoms with van der Waals surface area (Å²) in [4.78, 5) is 26.1. The topological polar surface area (TPSA) is 46.6 Å². The first kappa shape index (κ1) is 14.5. The molecule has 1 aromatic rings. The predicted octanol–water partition coefficient (Wildman–Crippen LogP) is 2.37. The van der Waals surface area contributed by atoms with Crippen LogP contribution in [0.4, 0.5) is 0 Å². The summed E-state index contributed by atoms with van der Waals surface area (Å²) in [5, 5.41) is 0. The van der Waals surface area contributed by atoms with E-state index in [4.69, 9.17) is 4.43 Å². The number of nitrogens with zero attached hydrogens (tertiary/aromatic N) is 1. The first-order valence-electron chi connectivity index (χ1n) is 7.36. The largest absolute Gasteiger partial charge is 0.410 e. The van der Waals surface area contributed by atoms with Gasteiger partial charge in [0.25, 0.3) is 0 Å². The summed E-state index contributed by atoms with van der Waals surface area (Å²) in [5.74, 6) is -0.783. The van der Waals surface area contributed by atoms with Crippen molar-refractivity contribution in [2.24, 2.45) is 11.8 Å². The third-order valence-corrected chi connectivity index (χ3v) is 5.27. The molecule has 2 amide bonds. The summed E-state index contributed by atoms with van der Waals surface area (Å²) >= 11 is 0. The molecule has 0 aromatic heterocycles. The third-order valence-electron chi connectivity index (χ3n) is 4.31. The van der Waals surface area contributed by atoms with Gasteiger partial charge < -0.3 is 4.43 Å². The molecule has 4 nitrogen and oxygen atoms in total. The van der Waals surface area contributed by atoms with Crippen molar-refractivity contribution in [1.29, 1.82) is 0 Å². The second-order valence-corrected chi connectivity index (χ2v) is 11.4. The first-order valence-corrected chi connectivity index (χ1v) is 10.8. The normalized spacial score (nSPS) is 28.6. The van der Waals surface area contributed by atoms with E-state index in [1.165, 1.54) is 4.90 Å². The number of hydrogen-bond acceptors (Lipinski definition) is 3. The maximum absolute atomic E-state index is 12.5. The van der Waals surface area contributed by atoms with Gasteiger partial charge in [0.1, 0.15) is 0 Å². The summed E-state index contributed by atoms with van der Waals surface area (Å²) in [7, 11) is -0.246.